The van der Waals surface area contributed by atoms with Crippen molar-refractivity contribution in [2.24, 2.45) is 17.3 Å². The van der Waals surface area contributed by atoms with E-state index in [1.54, 1.807) is 29.3 Å². The second-order valence-electron chi connectivity index (χ2n) is 20.7. The van der Waals surface area contributed by atoms with Gasteiger partial charge < -0.3 is 24.3 Å². The molecule has 6 bridgehead atoms. The Hall–Kier alpha value is -5.35. The van der Waals surface area contributed by atoms with Crippen molar-refractivity contribution in [1.82, 2.24) is 40.1 Å². The maximum absolute atomic E-state index is 14.6. The fourth-order valence-corrected chi connectivity index (χ4v) is 9.65. The van der Waals surface area contributed by atoms with Gasteiger partial charge in [-0.1, -0.05) is 53.5 Å². The number of benzene rings is 1. The van der Waals surface area contributed by atoms with Gasteiger partial charge in [0.1, 0.15) is 18.6 Å². The van der Waals surface area contributed by atoms with Crippen molar-refractivity contribution in [3.05, 3.63) is 58.2 Å². The molecule has 18 heteroatoms. The van der Waals surface area contributed by atoms with E-state index in [0.29, 0.717) is 75.6 Å². The van der Waals surface area contributed by atoms with Crippen molar-refractivity contribution in [2.75, 3.05) is 46.9 Å². The number of thiazole rings is 1. The molecule has 0 aliphatic carbocycles. The van der Waals surface area contributed by atoms with Crippen LogP contribution >= 0.6 is 11.3 Å². The Morgan fingerprint density at radius 3 is 2.54 bits per heavy atom. The number of alkyl halides is 3. The number of ether oxygens (including phenoxy) is 2. The summed E-state index contributed by atoms with van der Waals surface area (Å²) in [6.45, 7) is 15.1. The normalized spacial score (nSPS) is 19.8. The summed E-state index contributed by atoms with van der Waals surface area (Å²) < 4.78 is 57.3. The zero-order valence-electron chi connectivity index (χ0n) is 41.3. The fourth-order valence-electron chi connectivity index (χ4n) is 8.80. The second-order valence-corrected chi connectivity index (χ2v) is 21.7. The minimum absolute atomic E-state index is 0.0202. The van der Waals surface area contributed by atoms with E-state index in [1.165, 1.54) is 20.9 Å². The number of cyclic esters (lactones) is 1. The molecule has 0 unspecified atom stereocenters. The van der Waals surface area contributed by atoms with Crippen LogP contribution in [0, 0.1) is 29.1 Å². The first-order valence-corrected chi connectivity index (χ1v) is 24.6. The highest BCUT2D eigenvalue weighted by Gasteiger charge is 2.39. The van der Waals surface area contributed by atoms with Gasteiger partial charge in [-0.3, -0.25) is 34.1 Å². The van der Waals surface area contributed by atoms with Crippen LogP contribution in [0.15, 0.2) is 41.9 Å². The smallest absolute Gasteiger partial charge is 0.406 e. The maximum Gasteiger partial charge on any atom is 0.406 e. The lowest BCUT2D eigenvalue weighted by molar-refractivity contribution is -0.155. The van der Waals surface area contributed by atoms with Gasteiger partial charge in [0, 0.05) is 65.1 Å². The number of nitrogens with zero attached hydrogens (tertiary/aromatic N) is 6. The van der Waals surface area contributed by atoms with Crippen LogP contribution in [0.2, 0.25) is 0 Å². The number of halogens is 3. The zero-order chi connectivity index (χ0) is 50.2. The van der Waals surface area contributed by atoms with Gasteiger partial charge >= 0.3 is 12.1 Å². The summed E-state index contributed by atoms with van der Waals surface area (Å²) in [4.78, 5) is 68.5. The third kappa shape index (κ3) is 12.0. The average Bonchev–Trinajstić information content (AvgIpc) is 3.85. The monoisotopic (exact) mass is 974 g/mol. The Morgan fingerprint density at radius 1 is 1.12 bits per heavy atom. The summed E-state index contributed by atoms with van der Waals surface area (Å²) in [5.74, 6) is 3.13. The average molecular weight is 975 g/mol. The number of rotatable bonds is 10. The number of amides is 3. The van der Waals surface area contributed by atoms with Crippen LogP contribution < -0.4 is 10.7 Å². The number of nitrogens with one attached hydrogen (secondary N) is 2. The molecule has 3 amide bonds. The van der Waals surface area contributed by atoms with E-state index in [2.05, 4.69) is 27.6 Å². The second kappa shape index (κ2) is 20.5. The van der Waals surface area contributed by atoms with Crippen molar-refractivity contribution < 1.29 is 41.8 Å². The molecule has 2 fully saturated rings. The molecule has 4 aromatic rings. The topological polar surface area (TPSA) is 151 Å². The highest BCUT2D eigenvalue weighted by molar-refractivity contribution is 7.10. The molecular weight excluding hydrogens is 910 g/mol. The number of hydrazine groups is 1. The van der Waals surface area contributed by atoms with E-state index >= 15 is 0 Å². The molecular formula is C51H65F3N8O6S. The van der Waals surface area contributed by atoms with E-state index in [0.717, 1.165) is 0 Å². The molecule has 0 saturated carbocycles. The van der Waals surface area contributed by atoms with E-state index in [9.17, 15) is 32.3 Å². The number of likely N-dealkylation sites (tertiary alicyclic amines) is 1. The minimum atomic E-state index is -4.55. The first kappa shape index (κ1) is 51.5. The van der Waals surface area contributed by atoms with Crippen LogP contribution in [0.25, 0.3) is 33.4 Å². The molecule has 14 nitrogen and oxygen atoms in total. The van der Waals surface area contributed by atoms with Crippen molar-refractivity contribution in [2.45, 2.75) is 123 Å². The molecule has 7 rings (SSSR count). The molecule has 3 aromatic heterocycles. The molecule has 2 N–H and O–H groups in total. The number of aromatic nitrogens is 3. The van der Waals surface area contributed by atoms with Crippen molar-refractivity contribution in [3.8, 4) is 34.4 Å². The van der Waals surface area contributed by atoms with Gasteiger partial charge in [-0.15, -0.1) is 11.3 Å². The highest BCUT2D eigenvalue weighted by atomic mass is 32.1. The number of carbonyl (C=O) groups excluding carboxylic acids is 4. The van der Waals surface area contributed by atoms with Gasteiger partial charge in [0.25, 0.3) is 11.8 Å². The largest absolute Gasteiger partial charge is 0.464 e. The van der Waals surface area contributed by atoms with E-state index < -0.39 is 59.5 Å². The summed E-state index contributed by atoms with van der Waals surface area (Å²) in [6.07, 6.45) is -2.03. The molecule has 6 heterocycles. The van der Waals surface area contributed by atoms with Gasteiger partial charge in [-0.05, 0) is 94.8 Å². The predicted molar refractivity (Wildman–Crippen MR) is 259 cm³/mol. The highest BCUT2D eigenvalue weighted by Crippen LogP contribution is 2.43. The molecule has 0 spiro atoms. The molecule has 1 aromatic carbocycles. The maximum atomic E-state index is 14.6. The SMILES string of the molecule is CC(C)c1ncccc1-c1c2c3cc(ccc3n1CC(F)(F)F)-c1csc(n1)C[C@H](NC(=O)[C@@H](COC1CN(C(=O)C#CC(C)(C)N(C)C)C1)C(C)C)C(=O)N1CCC[C@H](N1)C(=O)OCC(C)(C)C2. The molecule has 3 atom stereocenters. The van der Waals surface area contributed by atoms with Crippen LogP contribution in [0.4, 0.5) is 13.2 Å². The number of hydrogen-bond acceptors (Lipinski definition) is 11. The van der Waals surface area contributed by atoms with Gasteiger partial charge in [-0.2, -0.15) is 13.2 Å². The molecule has 69 heavy (non-hydrogen) atoms. The van der Waals surface area contributed by atoms with Crippen molar-refractivity contribution in [1.29, 1.82) is 0 Å². The van der Waals surface area contributed by atoms with Crippen LogP contribution in [0.1, 0.15) is 90.4 Å². The third-order valence-corrected chi connectivity index (χ3v) is 14.2. The number of fused-ring (bicyclic) bond motifs is 6. The Balaban J connectivity index is 1.21. The van der Waals surface area contributed by atoms with E-state index in [4.69, 9.17) is 14.5 Å². The summed E-state index contributed by atoms with van der Waals surface area (Å²) in [5, 5.41) is 7.38. The van der Waals surface area contributed by atoms with E-state index in [1.807, 2.05) is 91.9 Å². The van der Waals surface area contributed by atoms with Gasteiger partial charge in [0.2, 0.25) is 5.91 Å². The number of hydrogen-bond donors (Lipinski definition) is 2. The Labute approximate surface area is 406 Å². The zero-order valence-corrected chi connectivity index (χ0v) is 42.1. The lowest BCUT2D eigenvalue weighted by Crippen LogP contribution is -2.61. The number of esters is 1. The lowest BCUT2D eigenvalue weighted by Gasteiger charge is -2.38. The Bertz CT molecular complexity index is 2620. The van der Waals surface area contributed by atoms with Crippen LogP contribution in [-0.4, -0.2) is 130 Å². The number of carbonyl (C=O) groups is 4. The lowest BCUT2D eigenvalue weighted by atomic mass is 9.84. The Kier molecular flexibility index (Phi) is 15.3. The van der Waals surface area contributed by atoms with Gasteiger partial charge in [0.05, 0.1) is 52.9 Å². The van der Waals surface area contributed by atoms with Crippen LogP contribution in [0.3, 0.4) is 0 Å². The molecule has 3 aliphatic heterocycles. The van der Waals surface area contributed by atoms with Gasteiger partial charge in [-0.25, -0.2) is 10.4 Å². The van der Waals surface area contributed by atoms with Crippen LogP contribution in [-0.2, 0) is 48.0 Å². The standard InChI is InChI=1S/C51H65F3N8O6S/c1-30(2)37(26-67-33-24-60(25-33)43(63)17-18-50(7,8)59(9)10)46(64)57-39-22-42-56-40(27-69-42)32-15-16-41-35(21-32)36(23-49(5,6)29-68-48(66)38-14-12-20-62(58-38)47(39)65)45(61(41)28-51(52,53)54)34-13-11-19-55-44(34)31(3)4/h11,13,15-16,19,21,27,30-31,33,37-39,58H,12,14,20,22-26,28-29H2,1-10H3,(H,57,64)/t37-,38-,39-/m0/s1. The summed E-state index contributed by atoms with van der Waals surface area (Å²) in [6, 6.07) is 6.90. The molecule has 3 aliphatic rings. The van der Waals surface area contributed by atoms with Gasteiger partial charge in [0.15, 0.2) is 0 Å². The van der Waals surface area contributed by atoms with Crippen molar-refractivity contribution in [3.63, 3.8) is 0 Å². The summed E-state index contributed by atoms with van der Waals surface area (Å²) in [7, 11) is 3.80. The summed E-state index contributed by atoms with van der Waals surface area (Å²) in [5.41, 5.74) is 5.79. The molecule has 0 radical (unpaired) electrons. The number of pyridine rings is 1. The molecule has 2 saturated heterocycles. The first-order valence-electron chi connectivity index (χ1n) is 23.7. The third-order valence-electron chi connectivity index (χ3n) is 13.4. The molecule has 372 valence electrons. The Morgan fingerprint density at radius 2 is 1.86 bits per heavy atom. The minimum Gasteiger partial charge on any atom is -0.464 e. The van der Waals surface area contributed by atoms with E-state index in [-0.39, 0.29) is 56.4 Å². The summed E-state index contributed by atoms with van der Waals surface area (Å²) >= 11 is 1.31. The van der Waals surface area contributed by atoms with Crippen molar-refractivity contribution >= 4 is 45.9 Å². The predicted octanol–water partition coefficient (Wildman–Crippen LogP) is 7.00. The fraction of sp³-hybridized carbons (Fsp3) is 0.569. The first-order chi connectivity index (χ1) is 32.4. The quantitative estimate of drug-likeness (QED) is 0.126. The van der Waals surface area contributed by atoms with Crippen LogP contribution in [0.5, 0.6) is 0 Å².